The van der Waals surface area contributed by atoms with Crippen LogP contribution in [0.25, 0.3) is 0 Å². The third-order valence-electron chi connectivity index (χ3n) is 4.06. The Hall–Kier alpha value is -1.97. The monoisotopic (exact) mass is 286 g/mol. The second-order valence-electron chi connectivity index (χ2n) is 5.63. The number of fused-ring (bicyclic) bond motifs is 1. The number of amides is 1. The van der Waals surface area contributed by atoms with Crippen molar-refractivity contribution in [2.75, 3.05) is 18.4 Å². The average Bonchev–Trinajstić information content (AvgIpc) is 2.55. The third kappa shape index (κ3) is 3.57. The van der Waals surface area contributed by atoms with Crippen molar-refractivity contribution < 1.29 is 9.53 Å². The lowest BCUT2D eigenvalue weighted by Crippen LogP contribution is -2.45. The maximum atomic E-state index is 12.2. The van der Waals surface area contributed by atoms with Crippen molar-refractivity contribution in [3.63, 3.8) is 0 Å². The normalized spacial score (nSPS) is 20.6. The minimum absolute atomic E-state index is 0.0339. The predicted molar refractivity (Wildman–Crippen MR) is 83.5 cm³/mol. The van der Waals surface area contributed by atoms with E-state index in [4.69, 9.17) is 4.74 Å². The van der Waals surface area contributed by atoms with Crippen molar-refractivity contribution in [2.24, 2.45) is 0 Å². The molecule has 3 rings (SSSR count). The zero-order valence-corrected chi connectivity index (χ0v) is 12.2. The summed E-state index contributed by atoms with van der Waals surface area (Å²) in [7, 11) is 0. The molecule has 112 valence electrons. The van der Waals surface area contributed by atoms with E-state index in [1.807, 2.05) is 24.3 Å². The fourth-order valence-electron chi connectivity index (χ4n) is 2.85. The van der Waals surface area contributed by atoms with Crippen molar-refractivity contribution in [1.82, 2.24) is 5.32 Å². The molecule has 0 saturated carbocycles. The van der Waals surface area contributed by atoms with Gasteiger partial charge in [0.15, 0.2) is 6.10 Å². The summed E-state index contributed by atoms with van der Waals surface area (Å²) in [6.45, 7) is 1.22. The van der Waals surface area contributed by atoms with E-state index in [1.54, 1.807) is 0 Å². The Balaban J connectivity index is 1.47. The number of hydrogen-bond donors (Lipinski definition) is 2. The molecular formula is C17H22N2O2. The van der Waals surface area contributed by atoms with Crippen LogP contribution in [0.15, 0.2) is 35.9 Å². The van der Waals surface area contributed by atoms with Gasteiger partial charge < -0.3 is 15.4 Å². The van der Waals surface area contributed by atoms with Crippen LogP contribution in [0.4, 0.5) is 5.69 Å². The number of carbonyl (C=O) groups excluding carboxylic acids is 1. The van der Waals surface area contributed by atoms with Gasteiger partial charge in [-0.2, -0.15) is 0 Å². The molecule has 1 unspecified atom stereocenters. The quantitative estimate of drug-likeness (QED) is 0.837. The highest BCUT2D eigenvalue weighted by Crippen LogP contribution is 2.28. The van der Waals surface area contributed by atoms with Crippen LogP contribution in [0.1, 0.15) is 32.1 Å². The highest BCUT2D eigenvalue weighted by Gasteiger charge is 2.25. The summed E-state index contributed by atoms with van der Waals surface area (Å²) in [5, 5.41) is 6.22. The first kappa shape index (κ1) is 14.0. The largest absolute Gasteiger partial charge is 0.477 e. The lowest BCUT2D eigenvalue weighted by atomic mass is 9.97. The minimum atomic E-state index is -0.444. The van der Waals surface area contributed by atoms with E-state index in [1.165, 1.54) is 31.3 Å². The van der Waals surface area contributed by atoms with Crippen LogP contribution in [-0.2, 0) is 4.79 Å². The van der Waals surface area contributed by atoms with Gasteiger partial charge in [-0.3, -0.25) is 4.79 Å². The number of rotatable bonds is 4. The van der Waals surface area contributed by atoms with Gasteiger partial charge in [-0.1, -0.05) is 23.8 Å². The molecule has 1 atom stereocenters. The Morgan fingerprint density at radius 1 is 1.33 bits per heavy atom. The number of nitrogens with one attached hydrogen (secondary N) is 2. The first-order valence-electron chi connectivity index (χ1n) is 7.78. The summed E-state index contributed by atoms with van der Waals surface area (Å²) in [6, 6.07) is 7.71. The van der Waals surface area contributed by atoms with Gasteiger partial charge in [0.25, 0.3) is 5.91 Å². The fraction of sp³-hybridized carbons (Fsp3) is 0.471. The number of para-hydroxylation sites is 2. The van der Waals surface area contributed by atoms with E-state index < -0.39 is 6.10 Å². The molecule has 0 spiro atoms. The van der Waals surface area contributed by atoms with Gasteiger partial charge in [-0.15, -0.1) is 0 Å². The summed E-state index contributed by atoms with van der Waals surface area (Å²) in [5.41, 5.74) is 2.43. The summed E-state index contributed by atoms with van der Waals surface area (Å²) in [4.78, 5) is 12.2. The van der Waals surface area contributed by atoms with Crippen molar-refractivity contribution >= 4 is 11.6 Å². The third-order valence-corrected chi connectivity index (χ3v) is 4.06. The van der Waals surface area contributed by atoms with E-state index in [2.05, 4.69) is 16.7 Å². The first-order chi connectivity index (χ1) is 10.3. The Morgan fingerprint density at radius 3 is 3.10 bits per heavy atom. The number of carbonyl (C=O) groups is 1. The van der Waals surface area contributed by atoms with Crippen LogP contribution in [0.3, 0.4) is 0 Å². The molecule has 0 saturated heterocycles. The molecule has 4 nitrogen and oxygen atoms in total. The van der Waals surface area contributed by atoms with E-state index in [9.17, 15) is 4.79 Å². The van der Waals surface area contributed by atoms with E-state index >= 15 is 0 Å². The maximum Gasteiger partial charge on any atom is 0.262 e. The molecular weight excluding hydrogens is 264 g/mol. The SMILES string of the molecule is O=C(NCCC1=CCCCC1)C1CNc2ccccc2O1. The number of benzene rings is 1. The molecule has 1 heterocycles. The lowest BCUT2D eigenvalue weighted by Gasteiger charge is -2.26. The van der Waals surface area contributed by atoms with Gasteiger partial charge in [0.05, 0.1) is 12.2 Å². The second-order valence-corrected chi connectivity index (χ2v) is 5.63. The van der Waals surface area contributed by atoms with Gasteiger partial charge >= 0.3 is 0 Å². The van der Waals surface area contributed by atoms with Crippen molar-refractivity contribution in [3.8, 4) is 5.75 Å². The predicted octanol–water partition coefficient (Wildman–Crippen LogP) is 2.87. The molecule has 1 aromatic rings. The van der Waals surface area contributed by atoms with Gasteiger partial charge in [0.2, 0.25) is 0 Å². The Kier molecular flexibility index (Phi) is 4.43. The molecule has 1 amide bonds. The van der Waals surface area contributed by atoms with Crippen LogP contribution in [0.2, 0.25) is 0 Å². The molecule has 21 heavy (non-hydrogen) atoms. The van der Waals surface area contributed by atoms with Crippen molar-refractivity contribution in [3.05, 3.63) is 35.9 Å². The molecule has 2 aliphatic rings. The second kappa shape index (κ2) is 6.66. The standard InChI is InChI=1S/C17H22N2O2/c20-17(18-11-10-13-6-2-1-3-7-13)16-12-19-14-8-4-5-9-15(14)21-16/h4-6,8-9,16,19H,1-3,7,10-12H2,(H,18,20). The molecule has 0 bridgehead atoms. The van der Waals surface area contributed by atoms with Crippen LogP contribution in [0.5, 0.6) is 5.75 Å². The Morgan fingerprint density at radius 2 is 2.24 bits per heavy atom. The first-order valence-corrected chi connectivity index (χ1v) is 7.78. The van der Waals surface area contributed by atoms with Crippen LogP contribution in [0, 0.1) is 0 Å². The molecule has 0 aromatic heterocycles. The van der Waals surface area contributed by atoms with E-state index in [-0.39, 0.29) is 5.91 Å². The average molecular weight is 286 g/mol. The van der Waals surface area contributed by atoms with Crippen LogP contribution < -0.4 is 15.4 Å². The zero-order chi connectivity index (χ0) is 14.5. The number of anilines is 1. The van der Waals surface area contributed by atoms with Crippen LogP contribution in [-0.4, -0.2) is 25.1 Å². The molecule has 1 aromatic carbocycles. The topological polar surface area (TPSA) is 50.4 Å². The summed E-state index contributed by atoms with van der Waals surface area (Å²) in [6.07, 6.45) is 7.80. The minimum Gasteiger partial charge on any atom is -0.477 e. The Labute approximate surface area is 125 Å². The van der Waals surface area contributed by atoms with Gasteiger partial charge in [-0.25, -0.2) is 0 Å². The van der Waals surface area contributed by atoms with Crippen LogP contribution >= 0.6 is 0 Å². The van der Waals surface area contributed by atoms with Crippen molar-refractivity contribution in [2.45, 2.75) is 38.2 Å². The summed E-state index contributed by atoms with van der Waals surface area (Å²) >= 11 is 0. The van der Waals surface area contributed by atoms with Crippen molar-refractivity contribution in [1.29, 1.82) is 0 Å². The van der Waals surface area contributed by atoms with E-state index in [0.29, 0.717) is 13.1 Å². The molecule has 2 N–H and O–H groups in total. The molecule has 4 heteroatoms. The summed E-state index contributed by atoms with van der Waals surface area (Å²) < 4.78 is 5.75. The molecule has 0 radical (unpaired) electrons. The molecule has 1 aliphatic heterocycles. The zero-order valence-electron chi connectivity index (χ0n) is 12.2. The van der Waals surface area contributed by atoms with E-state index in [0.717, 1.165) is 17.9 Å². The molecule has 0 fully saturated rings. The highest BCUT2D eigenvalue weighted by atomic mass is 16.5. The lowest BCUT2D eigenvalue weighted by molar-refractivity contribution is -0.127. The van der Waals surface area contributed by atoms with Gasteiger partial charge in [0.1, 0.15) is 5.75 Å². The highest BCUT2D eigenvalue weighted by molar-refractivity contribution is 5.83. The summed E-state index contributed by atoms with van der Waals surface area (Å²) in [5.74, 6) is 0.715. The smallest absolute Gasteiger partial charge is 0.262 e. The number of allylic oxidation sites excluding steroid dienone is 1. The van der Waals surface area contributed by atoms with Gasteiger partial charge in [0, 0.05) is 6.54 Å². The number of hydrogen-bond acceptors (Lipinski definition) is 3. The fourth-order valence-corrected chi connectivity index (χ4v) is 2.85. The number of ether oxygens (including phenoxy) is 1. The Bertz CT molecular complexity index is 539. The van der Waals surface area contributed by atoms with Gasteiger partial charge in [-0.05, 0) is 44.2 Å². The molecule has 1 aliphatic carbocycles. The maximum absolute atomic E-state index is 12.2.